The smallest absolute Gasteiger partial charge is 0.326 e. The van der Waals surface area contributed by atoms with Gasteiger partial charge in [-0.2, -0.15) is 0 Å². The Morgan fingerprint density at radius 2 is 1.44 bits per heavy atom. The van der Waals surface area contributed by atoms with Crippen LogP contribution in [0.3, 0.4) is 0 Å². The Bertz CT molecular complexity index is 1510. The van der Waals surface area contributed by atoms with Gasteiger partial charge in [-0.3, -0.25) is 23.5 Å². The fourth-order valence-corrected chi connectivity index (χ4v) is 4.12. The van der Waals surface area contributed by atoms with Gasteiger partial charge in [0.2, 0.25) is 11.8 Å². The minimum absolute atomic E-state index is 0.136. The van der Waals surface area contributed by atoms with Crippen LogP contribution < -0.4 is 21.9 Å². The van der Waals surface area contributed by atoms with Crippen LogP contribution >= 0.6 is 11.6 Å². The van der Waals surface area contributed by atoms with E-state index in [1.165, 1.54) is 4.57 Å². The maximum Gasteiger partial charge on any atom is 0.331 e. The summed E-state index contributed by atoms with van der Waals surface area (Å²) < 4.78 is 2.42. The molecule has 0 radical (unpaired) electrons. The van der Waals surface area contributed by atoms with Crippen LogP contribution in [0.2, 0.25) is 5.02 Å². The number of halogens is 1. The number of rotatable bonds is 9. The average Bonchev–Trinajstić information content (AvgIpc) is 2.86. The molecule has 0 saturated carbocycles. The molecule has 36 heavy (non-hydrogen) atoms. The zero-order valence-corrected chi connectivity index (χ0v) is 20.2. The summed E-state index contributed by atoms with van der Waals surface area (Å²) in [6, 6.07) is 22.5. The van der Waals surface area contributed by atoms with E-state index in [4.69, 9.17) is 11.6 Å². The number of nitrogens with one attached hydrogen (secondary N) is 2. The topological polar surface area (TPSA) is 102 Å². The first-order valence-corrected chi connectivity index (χ1v) is 11.9. The van der Waals surface area contributed by atoms with Crippen LogP contribution in [0.15, 0.2) is 88.5 Å². The number of hydrogen-bond acceptors (Lipinski definition) is 4. The summed E-state index contributed by atoms with van der Waals surface area (Å²) in [6.07, 6.45) is 1.20. The number of unbranched alkanes of at least 4 members (excludes halogenated alkanes) is 1. The van der Waals surface area contributed by atoms with Crippen LogP contribution in [0.4, 0.5) is 11.4 Å². The Hall–Kier alpha value is -4.17. The molecule has 0 saturated heterocycles. The van der Waals surface area contributed by atoms with Gasteiger partial charge in [0, 0.05) is 29.4 Å². The zero-order chi connectivity index (χ0) is 25.5. The number of carbonyl (C=O) groups is 2. The van der Waals surface area contributed by atoms with E-state index in [0.29, 0.717) is 40.1 Å². The third-order valence-corrected chi connectivity index (χ3v) is 5.87. The highest BCUT2D eigenvalue weighted by molar-refractivity contribution is 6.30. The van der Waals surface area contributed by atoms with Crippen LogP contribution in [-0.2, 0) is 22.7 Å². The summed E-state index contributed by atoms with van der Waals surface area (Å²) in [6.45, 7) is -0.136. The maximum atomic E-state index is 13.3. The number of anilines is 2. The van der Waals surface area contributed by atoms with Crippen molar-refractivity contribution in [2.24, 2.45) is 0 Å². The van der Waals surface area contributed by atoms with Crippen molar-refractivity contribution < 1.29 is 9.59 Å². The van der Waals surface area contributed by atoms with Gasteiger partial charge in [-0.05, 0) is 55.3 Å². The summed E-state index contributed by atoms with van der Waals surface area (Å²) in [7, 11) is 0. The highest BCUT2D eigenvalue weighted by Gasteiger charge is 2.15. The fourth-order valence-electron chi connectivity index (χ4n) is 3.93. The molecule has 3 aromatic carbocycles. The van der Waals surface area contributed by atoms with E-state index in [2.05, 4.69) is 10.6 Å². The van der Waals surface area contributed by atoms with E-state index in [0.717, 1.165) is 4.57 Å². The first kappa shape index (κ1) is 24.9. The summed E-state index contributed by atoms with van der Waals surface area (Å²) >= 11 is 5.98. The Balaban J connectivity index is 1.48. The van der Waals surface area contributed by atoms with E-state index >= 15 is 0 Å². The lowest BCUT2D eigenvalue weighted by molar-refractivity contribution is -0.117. The summed E-state index contributed by atoms with van der Waals surface area (Å²) in [5.41, 5.74) is 0.607. The molecule has 4 aromatic rings. The van der Waals surface area contributed by atoms with Crippen molar-refractivity contribution in [2.45, 2.75) is 32.4 Å². The number of fused-ring (bicyclic) bond motifs is 1. The molecule has 8 nitrogen and oxygen atoms in total. The number of nitrogens with zero attached hydrogens (tertiary/aromatic N) is 2. The van der Waals surface area contributed by atoms with Crippen molar-refractivity contribution in [3.63, 3.8) is 0 Å². The van der Waals surface area contributed by atoms with Gasteiger partial charge in [-0.1, -0.05) is 48.0 Å². The molecule has 0 aliphatic rings. The number of amides is 2. The maximum absolute atomic E-state index is 13.3. The molecule has 2 amide bonds. The lowest BCUT2D eigenvalue weighted by atomic mass is 10.2. The molecule has 4 rings (SSSR count). The normalized spacial score (nSPS) is 10.8. The van der Waals surface area contributed by atoms with Crippen molar-refractivity contribution in [1.29, 1.82) is 0 Å². The molecule has 0 fully saturated rings. The predicted molar refractivity (Wildman–Crippen MR) is 141 cm³/mol. The number of aromatic nitrogens is 2. The van der Waals surface area contributed by atoms with Crippen LogP contribution in [0.1, 0.15) is 19.3 Å². The Kier molecular flexibility index (Phi) is 7.97. The number of carbonyl (C=O) groups excluding carboxylic acids is 2. The van der Waals surface area contributed by atoms with Crippen molar-refractivity contribution in [3.8, 4) is 0 Å². The number of para-hydroxylation sites is 2. The zero-order valence-electron chi connectivity index (χ0n) is 19.4. The van der Waals surface area contributed by atoms with Gasteiger partial charge in [0.25, 0.3) is 5.56 Å². The molecule has 0 aliphatic heterocycles. The standard InChI is InChI=1S/C27H25ClN4O4/c28-19-9-8-12-21(17-19)30-25(34)18-32-23-14-5-4-13-22(23)26(35)31(27(32)36)16-7-6-15-24(33)29-20-10-2-1-3-11-20/h1-5,8-14,17H,6-7,15-16,18H2,(H,29,33)(H,30,34). The van der Waals surface area contributed by atoms with Gasteiger partial charge in [-0.15, -0.1) is 0 Å². The fraction of sp³-hybridized carbons (Fsp3) is 0.185. The second kappa shape index (κ2) is 11.5. The minimum atomic E-state index is -0.575. The minimum Gasteiger partial charge on any atom is -0.326 e. The molecule has 0 bridgehead atoms. The first-order chi connectivity index (χ1) is 17.4. The predicted octanol–water partition coefficient (Wildman–Crippen LogP) is 4.26. The van der Waals surface area contributed by atoms with Crippen LogP contribution in [0, 0.1) is 0 Å². The average molecular weight is 505 g/mol. The third-order valence-electron chi connectivity index (χ3n) is 5.64. The van der Waals surface area contributed by atoms with Gasteiger partial charge in [0.1, 0.15) is 6.54 Å². The molecule has 0 atom stereocenters. The highest BCUT2D eigenvalue weighted by atomic mass is 35.5. The van der Waals surface area contributed by atoms with Gasteiger partial charge < -0.3 is 10.6 Å². The van der Waals surface area contributed by atoms with E-state index in [1.807, 2.05) is 18.2 Å². The molecule has 2 N–H and O–H groups in total. The van der Waals surface area contributed by atoms with Gasteiger partial charge in [0.05, 0.1) is 10.9 Å². The van der Waals surface area contributed by atoms with Gasteiger partial charge in [-0.25, -0.2) is 4.79 Å². The van der Waals surface area contributed by atoms with E-state index < -0.39 is 17.2 Å². The van der Waals surface area contributed by atoms with Crippen LogP contribution in [0.25, 0.3) is 10.9 Å². The Labute approximate surface area is 212 Å². The number of hydrogen-bond donors (Lipinski definition) is 2. The molecular formula is C27H25ClN4O4. The molecule has 1 aromatic heterocycles. The van der Waals surface area contributed by atoms with Crippen LogP contribution in [-0.4, -0.2) is 20.9 Å². The van der Waals surface area contributed by atoms with Crippen LogP contribution in [0.5, 0.6) is 0 Å². The lowest BCUT2D eigenvalue weighted by Crippen LogP contribution is -2.41. The van der Waals surface area contributed by atoms with Crippen molar-refractivity contribution >= 4 is 45.7 Å². The number of benzene rings is 3. The Morgan fingerprint density at radius 3 is 2.22 bits per heavy atom. The van der Waals surface area contributed by atoms with E-state index in [-0.39, 0.29) is 25.4 Å². The Morgan fingerprint density at radius 1 is 0.750 bits per heavy atom. The second-order valence-electron chi connectivity index (χ2n) is 8.27. The summed E-state index contributed by atoms with van der Waals surface area (Å²) in [5.74, 6) is -0.561. The molecule has 0 spiro atoms. The molecule has 9 heteroatoms. The highest BCUT2D eigenvalue weighted by Crippen LogP contribution is 2.15. The quantitative estimate of drug-likeness (QED) is 0.332. The van der Waals surface area contributed by atoms with Gasteiger partial charge in [0.15, 0.2) is 0 Å². The second-order valence-corrected chi connectivity index (χ2v) is 8.71. The van der Waals surface area contributed by atoms with Crippen molar-refractivity contribution in [3.05, 3.63) is 105 Å². The SMILES string of the molecule is O=C(CCCCn1c(=O)c2ccccc2n(CC(=O)Nc2cccc(Cl)c2)c1=O)Nc1ccccc1. The largest absolute Gasteiger partial charge is 0.331 e. The third kappa shape index (κ3) is 6.09. The molecular weight excluding hydrogens is 480 g/mol. The monoisotopic (exact) mass is 504 g/mol. The molecule has 1 heterocycles. The molecule has 0 unspecified atom stereocenters. The summed E-state index contributed by atoms with van der Waals surface area (Å²) in [4.78, 5) is 51.2. The van der Waals surface area contributed by atoms with E-state index in [9.17, 15) is 19.2 Å². The first-order valence-electron chi connectivity index (χ1n) is 11.5. The van der Waals surface area contributed by atoms with Crippen molar-refractivity contribution in [1.82, 2.24) is 9.13 Å². The van der Waals surface area contributed by atoms with Gasteiger partial charge >= 0.3 is 5.69 Å². The van der Waals surface area contributed by atoms with E-state index in [1.54, 1.807) is 60.7 Å². The molecule has 184 valence electrons. The summed E-state index contributed by atoms with van der Waals surface area (Å²) in [5, 5.41) is 6.36. The molecule has 0 aliphatic carbocycles. The van der Waals surface area contributed by atoms with Crippen molar-refractivity contribution in [2.75, 3.05) is 10.6 Å². The lowest BCUT2D eigenvalue weighted by Gasteiger charge is -2.14.